The largest absolute Gasteiger partial charge is 0.465 e. The molecule has 0 aliphatic carbocycles. The fraction of sp³-hybridized carbons (Fsp3) is 0.500. The number of piperidine rings is 1. The van der Waals surface area contributed by atoms with Gasteiger partial charge in [0.05, 0.1) is 13.2 Å². The monoisotopic (exact) mass is 411 g/mol. The highest BCUT2D eigenvalue weighted by molar-refractivity contribution is 5.86. The molecule has 2 aromatic carbocycles. The summed E-state index contributed by atoms with van der Waals surface area (Å²) in [6, 6.07) is 15.8. The second kappa shape index (κ2) is 10.5. The highest BCUT2D eigenvalue weighted by Gasteiger charge is 2.27. The van der Waals surface area contributed by atoms with Crippen LogP contribution in [0.25, 0.3) is 10.8 Å². The van der Waals surface area contributed by atoms with E-state index in [4.69, 9.17) is 4.74 Å². The molecule has 0 bridgehead atoms. The molecule has 1 saturated heterocycles. The van der Waals surface area contributed by atoms with Crippen LogP contribution in [0.15, 0.2) is 42.5 Å². The second-order valence-corrected chi connectivity index (χ2v) is 8.01. The Bertz CT molecular complexity index is 856. The Morgan fingerprint density at radius 3 is 2.60 bits per heavy atom. The first kappa shape index (κ1) is 22.2. The van der Waals surface area contributed by atoms with Gasteiger partial charge in [-0.3, -0.25) is 19.4 Å². The van der Waals surface area contributed by atoms with Crippen molar-refractivity contribution in [2.24, 2.45) is 0 Å². The summed E-state index contributed by atoms with van der Waals surface area (Å²) in [5.41, 5.74) is 1.37. The van der Waals surface area contributed by atoms with Gasteiger partial charge in [-0.25, -0.2) is 0 Å². The van der Waals surface area contributed by atoms with E-state index in [1.807, 2.05) is 7.05 Å². The van der Waals surface area contributed by atoms with Crippen molar-refractivity contribution >= 4 is 22.6 Å². The third kappa shape index (κ3) is 5.58. The van der Waals surface area contributed by atoms with E-state index in [0.717, 1.165) is 25.9 Å². The zero-order valence-electron chi connectivity index (χ0n) is 18.3. The summed E-state index contributed by atoms with van der Waals surface area (Å²) in [4.78, 5) is 28.1. The van der Waals surface area contributed by atoms with Gasteiger partial charge in [-0.15, -0.1) is 0 Å². The fourth-order valence-electron chi connectivity index (χ4n) is 4.32. The van der Waals surface area contributed by atoms with Crippen LogP contribution in [-0.2, 0) is 14.3 Å². The van der Waals surface area contributed by atoms with E-state index in [1.54, 1.807) is 6.92 Å². The van der Waals surface area contributed by atoms with Crippen LogP contribution in [0.3, 0.4) is 0 Å². The smallest absolute Gasteiger partial charge is 0.325 e. The van der Waals surface area contributed by atoms with Crippen LogP contribution in [-0.4, -0.2) is 67.6 Å². The van der Waals surface area contributed by atoms with Crippen molar-refractivity contribution < 1.29 is 14.3 Å². The van der Waals surface area contributed by atoms with Crippen molar-refractivity contribution in [1.82, 2.24) is 15.1 Å². The lowest BCUT2D eigenvalue weighted by atomic mass is 9.96. The Labute approximate surface area is 179 Å². The number of carbonyl (C=O) groups is 2. The average molecular weight is 412 g/mol. The number of likely N-dealkylation sites (N-methyl/N-ethyl adjacent to an activating group) is 1. The first-order valence-corrected chi connectivity index (χ1v) is 10.8. The van der Waals surface area contributed by atoms with Gasteiger partial charge in [-0.05, 0) is 50.1 Å². The number of amides is 1. The summed E-state index contributed by atoms with van der Waals surface area (Å²) in [5, 5.41) is 5.24. The lowest BCUT2D eigenvalue weighted by Crippen LogP contribution is -2.47. The minimum atomic E-state index is -0.399. The second-order valence-electron chi connectivity index (χ2n) is 8.01. The molecule has 1 aliphatic heterocycles. The molecular formula is C24H33N3O3. The van der Waals surface area contributed by atoms with Crippen LogP contribution in [0.5, 0.6) is 0 Å². The van der Waals surface area contributed by atoms with Gasteiger partial charge in [0, 0.05) is 25.2 Å². The number of nitrogens with one attached hydrogen (secondary N) is 1. The Kier molecular flexibility index (Phi) is 7.82. The fourth-order valence-corrected chi connectivity index (χ4v) is 4.32. The maximum atomic E-state index is 12.1. The van der Waals surface area contributed by atoms with Gasteiger partial charge >= 0.3 is 5.97 Å². The van der Waals surface area contributed by atoms with Crippen LogP contribution in [0, 0.1) is 0 Å². The molecule has 6 nitrogen and oxygen atoms in total. The number of fused-ring (bicyclic) bond motifs is 1. The highest BCUT2D eigenvalue weighted by atomic mass is 16.5. The third-order valence-corrected chi connectivity index (χ3v) is 6.07. The van der Waals surface area contributed by atoms with Gasteiger partial charge in [-0.2, -0.15) is 0 Å². The molecule has 1 fully saturated rings. The van der Waals surface area contributed by atoms with E-state index in [1.165, 1.54) is 16.3 Å². The molecule has 0 radical (unpaired) electrons. The molecule has 3 rings (SSSR count). The van der Waals surface area contributed by atoms with Crippen LogP contribution < -0.4 is 5.32 Å². The zero-order valence-corrected chi connectivity index (χ0v) is 18.3. The summed E-state index contributed by atoms with van der Waals surface area (Å²) in [5.74, 6) is -0.540. The number of benzene rings is 2. The molecule has 0 aromatic heterocycles. The molecule has 1 heterocycles. The van der Waals surface area contributed by atoms with Crippen molar-refractivity contribution in [3.05, 3.63) is 48.0 Å². The van der Waals surface area contributed by atoms with Crippen LogP contribution in [0.1, 0.15) is 38.3 Å². The van der Waals surface area contributed by atoms with Crippen molar-refractivity contribution in [1.29, 1.82) is 0 Å². The number of nitrogens with zero attached hydrogens (tertiary/aromatic N) is 2. The standard InChI is InChI=1S/C24H33N3O3/c1-4-30-24(29)16-25-23(28)17-26(3)20-12-14-27(15-13-20)18(2)21-11-7-9-19-8-5-6-10-22(19)21/h5-11,18,20H,4,12-17H2,1-3H3,(H,25,28). The van der Waals surface area contributed by atoms with E-state index in [2.05, 4.69) is 64.5 Å². The zero-order chi connectivity index (χ0) is 21.5. The Balaban J connectivity index is 1.50. The van der Waals surface area contributed by atoms with Crippen LogP contribution in [0.2, 0.25) is 0 Å². The molecule has 1 amide bonds. The van der Waals surface area contributed by atoms with Crippen LogP contribution >= 0.6 is 0 Å². The van der Waals surface area contributed by atoms with E-state index >= 15 is 0 Å². The molecule has 1 N–H and O–H groups in total. The van der Waals surface area contributed by atoms with Gasteiger partial charge < -0.3 is 10.1 Å². The molecule has 30 heavy (non-hydrogen) atoms. The van der Waals surface area contributed by atoms with Gasteiger partial charge in [0.25, 0.3) is 0 Å². The Morgan fingerprint density at radius 2 is 1.87 bits per heavy atom. The minimum absolute atomic E-state index is 0.0680. The van der Waals surface area contributed by atoms with Crippen molar-refractivity contribution in [2.45, 2.75) is 38.8 Å². The lowest BCUT2D eigenvalue weighted by molar-refractivity contribution is -0.143. The predicted molar refractivity (Wildman–Crippen MR) is 119 cm³/mol. The topological polar surface area (TPSA) is 61.9 Å². The van der Waals surface area contributed by atoms with E-state index in [0.29, 0.717) is 25.2 Å². The van der Waals surface area contributed by atoms with Gasteiger partial charge in [0.1, 0.15) is 6.54 Å². The summed E-state index contributed by atoms with van der Waals surface area (Å²) in [7, 11) is 1.98. The molecule has 6 heteroatoms. The van der Waals surface area contributed by atoms with Gasteiger partial charge in [0.15, 0.2) is 0 Å². The Morgan fingerprint density at radius 1 is 1.17 bits per heavy atom. The summed E-state index contributed by atoms with van der Waals surface area (Å²) >= 11 is 0. The van der Waals surface area contributed by atoms with Gasteiger partial charge in [0.2, 0.25) is 5.91 Å². The van der Waals surface area contributed by atoms with E-state index in [9.17, 15) is 9.59 Å². The quantitative estimate of drug-likeness (QED) is 0.677. The molecule has 162 valence electrons. The lowest BCUT2D eigenvalue weighted by Gasteiger charge is -2.39. The highest BCUT2D eigenvalue weighted by Crippen LogP contribution is 2.30. The number of hydrogen-bond acceptors (Lipinski definition) is 5. The normalized spacial score (nSPS) is 16.5. The number of carbonyl (C=O) groups excluding carboxylic acids is 2. The van der Waals surface area contributed by atoms with E-state index < -0.39 is 5.97 Å². The molecule has 0 saturated carbocycles. The van der Waals surface area contributed by atoms with Crippen molar-refractivity contribution in [2.75, 3.05) is 39.8 Å². The third-order valence-electron chi connectivity index (χ3n) is 6.07. The van der Waals surface area contributed by atoms with Crippen molar-refractivity contribution in [3.63, 3.8) is 0 Å². The number of likely N-dealkylation sites (tertiary alicyclic amines) is 1. The number of esters is 1. The average Bonchev–Trinajstić information content (AvgIpc) is 2.77. The maximum Gasteiger partial charge on any atom is 0.325 e. The maximum absolute atomic E-state index is 12.1. The number of ether oxygens (including phenoxy) is 1. The molecule has 1 unspecified atom stereocenters. The number of hydrogen-bond donors (Lipinski definition) is 1. The van der Waals surface area contributed by atoms with E-state index in [-0.39, 0.29) is 12.5 Å². The molecular weight excluding hydrogens is 378 g/mol. The summed E-state index contributed by atoms with van der Waals surface area (Å²) in [6.45, 7) is 6.60. The first-order valence-electron chi connectivity index (χ1n) is 10.8. The van der Waals surface area contributed by atoms with Gasteiger partial charge in [-0.1, -0.05) is 42.5 Å². The first-order chi connectivity index (χ1) is 14.5. The summed E-state index contributed by atoms with van der Waals surface area (Å²) < 4.78 is 4.84. The molecule has 0 spiro atoms. The van der Waals surface area contributed by atoms with Crippen molar-refractivity contribution in [3.8, 4) is 0 Å². The SMILES string of the molecule is CCOC(=O)CNC(=O)CN(C)C1CCN(C(C)c2cccc3ccccc23)CC1. The Hall–Kier alpha value is -2.44. The molecule has 1 atom stereocenters. The minimum Gasteiger partial charge on any atom is -0.465 e. The van der Waals surface area contributed by atoms with Crippen LogP contribution in [0.4, 0.5) is 0 Å². The summed E-state index contributed by atoms with van der Waals surface area (Å²) in [6.07, 6.45) is 2.05. The predicted octanol–water partition coefficient (Wildman–Crippen LogP) is 2.98. The molecule has 1 aliphatic rings. The molecule has 2 aromatic rings. The number of rotatable bonds is 8.